The van der Waals surface area contributed by atoms with E-state index in [1.807, 2.05) is 6.92 Å². The van der Waals surface area contributed by atoms with Crippen LogP contribution in [0.15, 0.2) is 0 Å². The van der Waals surface area contributed by atoms with Crippen LogP contribution in [0.3, 0.4) is 0 Å². The van der Waals surface area contributed by atoms with Crippen molar-refractivity contribution in [2.45, 2.75) is 38.9 Å². The number of aliphatic hydroxyl groups is 1. The molecule has 0 radical (unpaired) electrons. The van der Waals surface area contributed by atoms with Gasteiger partial charge in [0.1, 0.15) is 11.1 Å². The Balaban J connectivity index is 2.22. The number of hydrogen-bond acceptors (Lipinski definition) is 4. The highest BCUT2D eigenvalue weighted by molar-refractivity contribution is 7.11. The van der Waals surface area contributed by atoms with Crippen molar-refractivity contribution in [2.24, 2.45) is 0 Å². The van der Waals surface area contributed by atoms with E-state index in [4.69, 9.17) is 4.74 Å². The second-order valence-corrected chi connectivity index (χ2v) is 4.74. The molecule has 14 heavy (non-hydrogen) atoms. The number of rotatable bonds is 2. The monoisotopic (exact) mass is 213 g/mol. The summed E-state index contributed by atoms with van der Waals surface area (Å²) >= 11 is 1.58. The molecule has 1 aromatic rings. The third-order valence-electron chi connectivity index (χ3n) is 2.43. The molecule has 1 N–H and O–H groups in total. The Labute approximate surface area is 87.7 Å². The molecule has 0 amide bonds. The number of aliphatic hydroxyl groups excluding tert-OH is 1. The van der Waals surface area contributed by atoms with Crippen LogP contribution >= 0.6 is 11.3 Å². The van der Waals surface area contributed by atoms with Gasteiger partial charge in [-0.1, -0.05) is 0 Å². The standard InChI is InChI=1S/C10H15NO2S/c1-6-9(7(2)12)14-10(11-6)8-4-3-5-13-8/h7-8,12H,3-5H2,1-2H3. The molecule has 1 fully saturated rings. The highest BCUT2D eigenvalue weighted by atomic mass is 32.1. The van der Waals surface area contributed by atoms with E-state index in [1.54, 1.807) is 18.3 Å². The molecule has 0 saturated carbocycles. The summed E-state index contributed by atoms with van der Waals surface area (Å²) in [6.45, 7) is 4.56. The van der Waals surface area contributed by atoms with E-state index < -0.39 is 6.10 Å². The quantitative estimate of drug-likeness (QED) is 0.820. The Morgan fingerprint density at radius 1 is 1.64 bits per heavy atom. The molecule has 0 spiro atoms. The lowest BCUT2D eigenvalue weighted by Gasteiger charge is -2.03. The molecule has 0 aromatic carbocycles. The van der Waals surface area contributed by atoms with E-state index >= 15 is 0 Å². The second-order valence-electron chi connectivity index (χ2n) is 3.68. The van der Waals surface area contributed by atoms with Gasteiger partial charge in [0.15, 0.2) is 0 Å². The van der Waals surface area contributed by atoms with Crippen LogP contribution in [0.1, 0.15) is 47.6 Å². The van der Waals surface area contributed by atoms with Gasteiger partial charge in [0.2, 0.25) is 0 Å². The normalized spacial score (nSPS) is 24.1. The number of ether oxygens (including phenoxy) is 1. The summed E-state index contributed by atoms with van der Waals surface area (Å²) in [7, 11) is 0. The predicted octanol–water partition coefficient (Wildman–Crippen LogP) is 2.36. The Bertz CT molecular complexity index is 316. The first-order valence-corrected chi connectivity index (χ1v) is 5.77. The minimum atomic E-state index is -0.414. The van der Waals surface area contributed by atoms with E-state index in [1.165, 1.54) is 0 Å². The smallest absolute Gasteiger partial charge is 0.122 e. The van der Waals surface area contributed by atoms with Gasteiger partial charge in [-0.05, 0) is 26.7 Å². The first kappa shape index (κ1) is 10.1. The molecule has 2 rings (SSSR count). The largest absolute Gasteiger partial charge is 0.388 e. The number of thiazole rings is 1. The summed E-state index contributed by atoms with van der Waals surface area (Å²) in [6.07, 6.45) is 1.94. The highest BCUT2D eigenvalue weighted by Gasteiger charge is 2.23. The molecule has 1 aliphatic heterocycles. The Kier molecular flexibility index (Phi) is 2.85. The first-order chi connectivity index (χ1) is 6.68. The minimum Gasteiger partial charge on any atom is -0.388 e. The molecule has 2 unspecified atom stereocenters. The third-order valence-corrected chi connectivity index (χ3v) is 3.85. The average molecular weight is 213 g/mol. The Hall–Kier alpha value is -0.450. The third kappa shape index (κ3) is 1.82. The Morgan fingerprint density at radius 2 is 2.43 bits per heavy atom. The topological polar surface area (TPSA) is 42.4 Å². The van der Waals surface area contributed by atoms with Gasteiger partial charge in [0.25, 0.3) is 0 Å². The van der Waals surface area contributed by atoms with E-state index in [0.717, 1.165) is 35.0 Å². The SMILES string of the molecule is Cc1nc(C2CCCO2)sc1C(C)O. The van der Waals surface area contributed by atoms with Crippen molar-refractivity contribution in [3.05, 3.63) is 15.6 Å². The van der Waals surface area contributed by atoms with Crippen LogP contribution in [0.2, 0.25) is 0 Å². The average Bonchev–Trinajstić information content (AvgIpc) is 2.70. The number of aromatic nitrogens is 1. The zero-order chi connectivity index (χ0) is 10.1. The summed E-state index contributed by atoms with van der Waals surface area (Å²) in [4.78, 5) is 5.42. The van der Waals surface area contributed by atoms with Crippen molar-refractivity contribution < 1.29 is 9.84 Å². The molecule has 1 aliphatic rings. The van der Waals surface area contributed by atoms with Crippen LogP contribution in [0, 0.1) is 6.92 Å². The molecular weight excluding hydrogens is 198 g/mol. The van der Waals surface area contributed by atoms with Crippen molar-refractivity contribution in [3.8, 4) is 0 Å². The van der Waals surface area contributed by atoms with Gasteiger partial charge in [-0.3, -0.25) is 0 Å². The van der Waals surface area contributed by atoms with Gasteiger partial charge in [0.05, 0.1) is 16.7 Å². The summed E-state index contributed by atoms with van der Waals surface area (Å²) in [6, 6.07) is 0. The van der Waals surface area contributed by atoms with Gasteiger partial charge >= 0.3 is 0 Å². The van der Waals surface area contributed by atoms with Gasteiger partial charge < -0.3 is 9.84 Å². The zero-order valence-corrected chi connectivity index (χ0v) is 9.30. The highest BCUT2D eigenvalue weighted by Crippen LogP contribution is 2.34. The number of aryl methyl sites for hydroxylation is 1. The molecule has 2 heterocycles. The van der Waals surface area contributed by atoms with Crippen LogP contribution in [0.25, 0.3) is 0 Å². The first-order valence-electron chi connectivity index (χ1n) is 4.95. The maximum absolute atomic E-state index is 9.49. The molecule has 0 aliphatic carbocycles. The molecule has 2 atom stereocenters. The number of hydrogen-bond donors (Lipinski definition) is 1. The molecule has 78 valence electrons. The lowest BCUT2D eigenvalue weighted by Crippen LogP contribution is -1.94. The fourth-order valence-electron chi connectivity index (χ4n) is 1.73. The molecule has 1 aromatic heterocycles. The summed E-state index contributed by atoms with van der Waals surface area (Å²) in [5.74, 6) is 0. The maximum Gasteiger partial charge on any atom is 0.122 e. The minimum absolute atomic E-state index is 0.172. The van der Waals surface area contributed by atoms with Gasteiger partial charge in [-0.15, -0.1) is 11.3 Å². The molecule has 0 bridgehead atoms. The molecule has 4 heteroatoms. The van der Waals surface area contributed by atoms with Crippen LogP contribution < -0.4 is 0 Å². The van der Waals surface area contributed by atoms with E-state index in [-0.39, 0.29) is 6.10 Å². The molecular formula is C10H15NO2S. The van der Waals surface area contributed by atoms with E-state index in [0.29, 0.717) is 0 Å². The van der Waals surface area contributed by atoms with E-state index in [9.17, 15) is 5.11 Å². The molecule has 3 nitrogen and oxygen atoms in total. The van der Waals surface area contributed by atoms with Gasteiger partial charge in [-0.25, -0.2) is 4.98 Å². The van der Waals surface area contributed by atoms with Crippen molar-refractivity contribution in [3.63, 3.8) is 0 Å². The maximum atomic E-state index is 9.49. The van der Waals surface area contributed by atoms with Gasteiger partial charge in [-0.2, -0.15) is 0 Å². The van der Waals surface area contributed by atoms with Crippen molar-refractivity contribution >= 4 is 11.3 Å². The lowest BCUT2D eigenvalue weighted by atomic mass is 10.2. The number of nitrogens with zero attached hydrogens (tertiary/aromatic N) is 1. The summed E-state index contributed by atoms with van der Waals surface area (Å²) in [5.41, 5.74) is 0.940. The van der Waals surface area contributed by atoms with Crippen molar-refractivity contribution in [1.29, 1.82) is 0 Å². The summed E-state index contributed by atoms with van der Waals surface area (Å²) in [5, 5.41) is 10.5. The fourth-order valence-corrected chi connectivity index (χ4v) is 2.82. The zero-order valence-electron chi connectivity index (χ0n) is 8.49. The van der Waals surface area contributed by atoms with Crippen molar-refractivity contribution in [1.82, 2.24) is 4.98 Å². The Morgan fingerprint density at radius 3 is 2.93 bits per heavy atom. The van der Waals surface area contributed by atoms with Crippen LogP contribution in [0.4, 0.5) is 0 Å². The molecule has 1 saturated heterocycles. The second kappa shape index (κ2) is 3.96. The fraction of sp³-hybridized carbons (Fsp3) is 0.700. The van der Waals surface area contributed by atoms with E-state index in [2.05, 4.69) is 4.98 Å². The van der Waals surface area contributed by atoms with Gasteiger partial charge in [0, 0.05) is 6.61 Å². The predicted molar refractivity (Wildman–Crippen MR) is 55.4 cm³/mol. The van der Waals surface area contributed by atoms with Crippen LogP contribution in [-0.2, 0) is 4.74 Å². The van der Waals surface area contributed by atoms with Crippen molar-refractivity contribution in [2.75, 3.05) is 6.61 Å². The lowest BCUT2D eigenvalue weighted by molar-refractivity contribution is 0.111. The summed E-state index contributed by atoms with van der Waals surface area (Å²) < 4.78 is 5.55. The van der Waals surface area contributed by atoms with Crippen LogP contribution in [0.5, 0.6) is 0 Å². The van der Waals surface area contributed by atoms with Crippen LogP contribution in [-0.4, -0.2) is 16.7 Å².